The summed E-state index contributed by atoms with van der Waals surface area (Å²) in [6.45, 7) is 1.53. The molecule has 0 aromatic carbocycles. The van der Waals surface area contributed by atoms with E-state index >= 15 is 0 Å². The summed E-state index contributed by atoms with van der Waals surface area (Å²) in [7, 11) is 1.86. The SMILES string of the molecule is Cn1nc(Br)c2c(N3CCCC(O)C3)ncnc21. The van der Waals surface area contributed by atoms with Gasteiger partial charge in [-0.15, -0.1) is 0 Å². The molecule has 1 fully saturated rings. The molecule has 1 unspecified atom stereocenters. The van der Waals surface area contributed by atoms with Crippen LogP contribution in [0.3, 0.4) is 0 Å². The van der Waals surface area contributed by atoms with Crippen molar-refractivity contribution in [3.05, 3.63) is 10.9 Å². The monoisotopic (exact) mass is 311 g/mol. The summed E-state index contributed by atoms with van der Waals surface area (Å²) in [4.78, 5) is 10.7. The van der Waals surface area contributed by atoms with Gasteiger partial charge in [-0.2, -0.15) is 5.10 Å². The lowest BCUT2D eigenvalue weighted by Gasteiger charge is -2.31. The molecule has 7 heteroatoms. The standard InChI is InChI=1S/C11H14BrN5O/c1-16-10-8(9(12)15-16)11(14-6-13-10)17-4-2-3-7(18)5-17/h6-7,18H,2-5H2,1H3. The van der Waals surface area contributed by atoms with E-state index in [4.69, 9.17) is 0 Å². The molecule has 0 radical (unpaired) electrons. The number of hydrogen-bond donors (Lipinski definition) is 1. The van der Waals surface area contributed by atoms with E-state index in [0.29, 0.717) is 6.54 Å². The Morgan fingerprint density at radius 1 is 1.44 bits per heavy atom. The molecule has 0 amide bonds. The van der Waals surface area contributed by atoms with E-state index in [-0.39, 0.29) is 6.10 Å². The van der Waals surface area contributed by atoms with E-state index in [0.717, 1.165) is 40.8 Å². The fourth-order valence-corrected chi connectivity index (χ4v) is 3.01. The number of rotatable bonds is 1. The summed E-state index contributed by atoms with van der Waals surface area (Å²) in [6.07, 6.45) is 3.11. The van der Waals surface area contributed by atoms with Crippen molar-refractivity contribution in [2.24, 2.45) is 7.05 Å². The lowest BCUT2D eigenvalue weighted by atomic mass is 10.1. The van der Waals surface area contributed by atoms with Crippen LogP contribution in [0.1, 0.15) is 12.8 Å². The van der Waals surface area contributed by atoms with Crippen molar-refractivity contribution in [1.29, 1.82) is 0 Å². The van der Waals surface area contributed by atoms with Crippen molar-refractivity contribution in [2.45, 2.75) is 18.9 Å². The molecule has 2 aromatic rings. The number of aryl methyl sites for hydroxylation is 1. The molecular weight excluding hydrogens is 298 g/mol. The molecule has 1 aliphatic heterocycles. The Morgan fingerprint density at radius 3 is 3.06 bits per heavy atom. The van der Waals surface area contributed by atoms with Crippen molar-refractivity contribution in [3.63, 3.8) is 0 Å². The first-order valence-corrected chi connectivity index (χ1v) is 6.72. The van der Waals surface area contributed by atoms with Gasteiger partial charge in [0.1, 0.15) is 16.7 Å². The Morgan fingerprint density at radius 2 is 2.28 bits per heavy atom. The van der Waals surface area contributed by atoms with Crippen molar-refractivity contribution in [3.8, 4) is 0 Å². The summed E-state index contributed by atoms with van der Waals surface area (Å²) in [5.41, 5.74) is 0.798. The second-order valence-electron chi connectivity index (χ2n) is 4.55. The molecule has 1 aliphatic rings. The van der Waals surface area contributed by atoms with Crippen LogP contribution in [0.15, 0.2) is 10.9 Å². The molecule has 1 atom stereocenters. The average Bonchev–Trinajstić information content (AvgIpc) is 2.65. The van der Waals surface area contributed by atoms with Gasteiger partial charge in [0.15, 0.2) is 5.65 Å². The van der Waals surface area contributed by atoms with Crippen LogP contribution < -0.4 is 4.90 Å². The Kier molecular flexibility index (Phi) is 2.95. The number of nitrogens with zero attached hydrogens (tertiary/aromatic N) is 5. The second-order valence-corrected chi connectivity index (χ2v) is 5.30. The predicted octanol–water partition coefficient (Wildman–Crippen LogP) is 1.09. The molecule has 96 valence electrons. The first-order chi connectivity index (χ1) is 8.66. The van der Waals surface area contributed by atoms with Gasteiger partial charge in [0, 0.05) is 20.1 Å². The van der Waals surface area contributed by atoms with E-state index in [1.165, 1.54) is 0 Å². The number of hydrogen-bond acceptors (Lipinski definition) is 5. The van der Waals surface area contributed by atoms with Crippen LogP contribution in [-0.2, 0) is 7.05 Å². The van der Waals surface area contributed by atoms with E-state index < -0.39 is 0 Å². The molecular formula is C11H14BrN5O. The van der Waals surface area contributed by atoms with Crippen LogP contribution in [0.25, 0.3) is 11.0 Å². The van der Waals surface area contributed by atoms with Gasteiger partial charge >= 0.3 is 0 Å². The minimum Gasteiger partial charge on any atom is -0.391 e. The van der Waals surface area contributed by atoms with Crippen LogP contribution in [0.5, 0.6) is 0 Å². The summed E-state index contributed by atoms with van der Waals surface area (Å²) < 4.78 is 2.47. The number of β-amino-alcohol motifs (C(OH)–C–C–N with tert-alkyl or cyclic N) is 1. The Hall–Kier alpha value is -1.21. The Balaban J connectivity index is 2.11. The van der Waals surface area contributed by atoms with Crippen molar-refractivity contribution < 1.29 is 5.11 Å². The number of aliphatic hydroxyl groups excluding tert-OH is 1. The van der Waals surface area contributed by atoms with Gasteiger partial charge in [-0.1, -0.05) is 0 Å². The highest BCUT2D eigenvalue weighted by Gasteiger charge is 2.23. The Bertz CT molecular complexity index is 584. The van der Waals surface area contributed by atoms with Crippen LogP contribution >= 0.6 is 15.9 Å². The highest BCUT2D eigenvalue weighted by atomic mass is 79.9. The van der Waals surface area contributed by atoms with E-state index in [1.807, 2.05) is 7.05 Å². The molecule has 3 heterocycles. The quantitative estimate of drug-likeness (QED) is 0.854. The smallest absolute Gasteiger partial charge is 0.164 e. The van der Waals surface area contributed by atoms with Gasteiger partial charge in [0.2, 0.25) is 0 Å². The molecule has 0 saturated carbocycles. The lowest BCUT2D eigenvalue weighted by molar-refractivity contribution is 0.154. The first kappa shape index (κ1) is 11.9. The van der Waals surface area contributed by atoms with Crippen molar-refractivity contribution >= 4 is 32.8 Å². The molecule has 1 saturated heterocycles. The molecule has 2 aromatic heterocycles. The summed E-state index contributed by atoms with van der Waals surface area (Å²) in [6, 6.07) is 0. The maximum Gasteiger partial charge on any atom is 0.164 e. The molecule has 0 spiro atoms. The maximum absolute atomic E-state index is 9.77. The third kappa shape index (κ3) is 1.87. The highest BCUT2D eigenvalue weighted by Crippen LogP contribution is 2.30. The van der Waals surface area contributed by atoms with Gasteiger partial charge in [0.25, 0.3) is 0 Å². The van der Waals surface area contributed by atoms with E-state index in [2.05, 4.69) is 35.9 Å². The van der Waals surface area contributed by atoms with Crippen LogP contribution in [0, 0.1) is 0 Å². The predicted molar refractivity (Wildman–Crippen MR) is 71.5 cm³/mol. The number of aromatic nitrogens is 4. The molecule has 1 N–H and O–H groups in total. The zero-order valence-electron chi connectivity index (χ0n) is 10.0. The third-order valence-corrected chi connectivity index (χ3v) is 3.81. The van der Waals surface area contributed by atoms with Crippen LogP contribution in [0.2, 0.25) is 0 Å². The summed E-state index contributed by atoms with van der Waals surface area (Å²) in [5.74, 6) is 0.846. The van der Waals surface area contributed by atoms with Crippen molar-refractivity contribution in [1.82, 2.24) is 19.7 Å². The van der Waals surface area contributed by atoms with Gasteiger partial charge < -0.3 is 10.0 Å². The molecule has 18 heavy (non-hydrogen) atoms. The summed E-state index contributed by atoms with van der Waals surface area (Å²) >= 11 is 3.45. The van der Waals surface area contributed by atoms with Crippen LogP contribution in [-0.4, -0.2) is 44.0 Å². The minimum absolute atomic E-state index is 0.279. The topological polar surface area (TPSA) is 67.1 Å². The highest BCUT2D eigenvalue weighted by molar-refractivity contribution is 9.10. The van der Waals surface area contributed by atoms with Gasteiger partial charge in [-0.25, -0.2) is 14.6 Å². The second kappa shape index (κ2) is 4.47. The average molecular weight is 312 g/mol. The van der Waals surface area contributed by atoms with Crippen LogP contribution in [0.4, 0.5) is 5.82 Å². The number of anilines is 1. The van der Waals surface area contributed by atoms with Gasteiger partial charge in [-0.3, -0.25) is 0 Å². The lowest BCUT2D eigenvalue weighted by Crippen LogP contribution is -2.38. The zero-order valence-corrected chi connectivity index (χ0v) is 11.6. The molecule has 3 rings (SSSR count). The number of fused-ring (bicyclic) bond motifs is 1. The minimum atomic E-state index is -0.279. The van der Waals surface area contributed by atoms with Crippen molar-refractivity contribution in [2.75, 3.05) is 18.0 Å². The van der Waals surface area contributed by atoms with Gasteiger partial charge in [-0.05, 0) is 28.8 Å². The third-order valence-electron chi connectivity index (χ3n) is 3.25. The number of halogens is 1. The zero-order chi connectivity index (χ0) is 12.7. The van der Waals surface area contributed by atoms with E-state index in [1.54, 1.807) is 11.0 Å². The number of aliphatic hydroxyl groups is 1. The molecule has 0 aliphatic carbocycles. The molecule has 0 bridgehead atoms. The van der Waals surface area contributed by atoms with Gasteiger partial charge in [0.05, 0.1) is 11.5 Å². The normalized spacial score (nSPS) is 20.6. The molecule has 6 nitrogen and oxygen atoms in total. The number of piperidine rings is 1. The summed E-state index contributed by atoms with van der Waals surface area (Å²) in [5, 5.41) is 15.0. The first-order valence-electron chi connectivity index (χ1n) is 5.93. The maximum atomic E-state index is 9.77. The largest absolute Gasteiger partial charge is 0.391 e. The van der Waals surface area contributed by atoms with E-state index in [9.17, 15) is 5.11 Å². The fourth-order valence-electron chi connectivity index (χ4n) is 2.41. The Labute approximate surface area is 113 Å². The fraction of sp³-hybridized carbons (Fsp3) is 0.545.